The Balaban J connectivity index is 2.26. The smallest absolute Gasteiger partial charge is 0.339 e. The van der Waals surface area contributed by atoms with Crippen molar-refractivity contribution in [2.45, 2.75) is 6.42 Å². The molecule has 0 spiro atoms. The molecule has 100 valence electrons. The van der Waals surface area contributed by atoms with E-state index in [-0.39, 0.29) is 17.1 Å². The highest BCUT2D eigenvalue weighted by Crippen LogP contribution is 2.21. The lowest BCUT2D eigenvalue weighted by Crippen LogP contribution is -2.06. The lowest BCUT2D eigenvalue weighted by molar-refractivity contribution is 0.0697. The predicted molar refractivity (Wildman–Crippen MR) is 74.7 cm³/mol. The van der Waals surface area contributed by atoms with Gasteiger partial charge in [0.05, 0.1) is 24.4 Å². The molecule has 6 heteroatoms. The van der Waals surface area contributed by atoms with E-state index in [1.165, 1.54) is 12.3 Å². The van der Waals surface area contributed by atoms with Crippen molar-refractivity contribution in [2.24, 2.45) is 0 Å². The molecule has 0 radical (unpaired) electrons. The minimum atomic E-state index is -1.10. The fourth-order valence-electron chi connectivity index (χ4n) is 1.68. The van der Waals surface area contributed by atoms with Crippen molar-refractivity contribution in [2.75, 3.05) is 11.1 Å². The summed E-state index contributed by atoms with van der Waals surface area (Å²) >= 11 is 0. The summed E-state index contributed by atoms with van der Waals surface area (Å²) in [4.78, 5) is 15.1. The Labute approximate surface area is 115 Å². The molecule has 0 amide bonds. The Kier molecular flexibility index (Phi) is 3.82. The second-order valence-electron chi connectivity index (χ2n) is 4.13. The highest BCUT2D eigenvalue weighted by atomic mass is 16.4. The van der Waals surface area contributed by atoms with Crippen LogP contribution in [0.15, 0.2) is 36.5 Å². The van der Waals surface area contributed by atoms with Crippen LogP contribution in [0.1, 0.15) is 15.9 Å². The summed E-state index contributed by atoms with van der Waals surface area (Å²) in [6.07, 6.45) is 1.72. The summed E-state index contributed by atoms with van der Waals surface area (Å²) in [5.41, 5.74) is 7.40. The molecule has 2 aromatic rings. The Morgan fingerprint density at radius 3 is 2.70 bits per heavy atom. The van der Waals surface area contributed by atoms with Gasteiger partial charge in [0.2, 0.25) is 0 Å². The maximum absolute atomic E-state index is 11.1. The molecule has 0 saturated carbocycles. The van der Waals surface area contributed by atoms with Gasteiger partial charge in [-0.05, 0) is 23.8 Å². The van der Waals surface area contributed by atoms with Gasteiger partial charge < -0.3 is 16.2 Å². The van der Waals surface area contributed by atoms with Crippen LogP contribution in [0.2, 0.25) is 0 Å². The van der Waals surface area contributed by atoms with Gasteiger partial charge in [0.1, 0.15) is 11.4 Å². The van der Waals surface area contributed by atoms with E-state index in [0.29, 0.717) is 12.1 Å². The van der Waals surface area contributed by atoms with Gasteiger partial charge in [-0.1, -0.05) is 12.1 Å². The SMILES string of the molecule is N#CCc1ccc(Nc2ncc(N)cc2C(=O)O)cc1. The average Bonchev–Trinajstić information content (AvgIpc) is 2.43. The number of anilines is 3. The Bertz CT molecular complexity index is 675. The maximum atomic E-state index is 11.1. The number of rotatable bonds is 4. The fourth-order valence-corrected chi connectivity index (χ4v) is 1.68. The Hall–Kier alpha value is -3.07. The zero-order valence-electron chi connectivity index (χ0n) is 10.5. The van der Waals surface area contributed by atoms with Gasteiger partial charge in [0, 0.05) is 5.69 Å². The van der Waals surface area contributed by atoms with Crippen molar-refractivity contribution < 1.29 is 9.90 Å². The van der Waals surface area contributed by atoms with Crippen molar-refractivity contribution in [3.05, 3.63) is 47.7 Å². The number of carboxylic acid groups (broad SMARTS) is 1. The molecule has 0 fully saturated rings. The summed E-state index contributed by atoms with van der Waals surface area (Å²) in [7, 11) is 0. The van der Waals surface area contributed by atoms with Crippen LogP contribution in [0.3, 0.4) is 0 Å². The number of benzene rings is 1. The van der Waals surface area contributed by atoms with E-state index in [0.717, 1.165) is 5.56 Å². The molecule has 20 heavy (non-hydrogen) atoms. The molecule has 4 N–H and O–H groups in total. The number of nitrogen functional groups attached to an aromatic ring is 1. The van der Waals surface area contributed by atoms with E-state index in [1.807, 2.05) is 0 Å². The lowest BCUT2D eigenvalue weighted by Gasteiger charge is -2.09. The van der Waals surface area contributed by atoms with Crippen LogP contribution in [0, 0.1) is 11.3 Å². The van der Waals surface area contributed by atoms with Crippen LogP contribution in [0.5, 0.6) is 0 Å². The van der Waals surface area contributed by atoms with E-state index >= 15 is 0 Å². The quantitative estimate of drug-likeness (QED) is 0.783. The molecule has 1 heterocycles. The van der Waals surface area contributed by atoms with Crippen molar-refractivity contribution in [1.29, 1.82) is 5.26 Å². The van der Waals surface area contributed by atoms with Crippen molar-refractivity contribution in [1.82, 2.24) is 4.98 Å². The lowest BCUT2D eigenvalue weighted by atomic mass is 10.1. The second kappa shape index (κ2) is 5.71. The number of carbonyl (C=O) groups is 1. The number of nitrogens with one attached hydrogen (secondary N) is 1. The molecule has 6 nitrogen and oxygen atoms in total. The van der Waals surface area contributed by atoms with Gasteiger partial charge >= 0.3 is 5.97 Å². The third-order valence-corrected chi connectivity index (χ3v) is 2.64. The molecule has 0 bridgehead atoms. The topological polar surface area (TPSA) is 112 Å². The van der Waals surface area contributed by atoms with E-state index in [2.05, 4.69) is 16.4 Å². The average molecular weight is 268 g/mol. The highest BCUT2D eigenvalue weighted by Gasteiger charge is 2.12. The minimum absolute atomic E-state index is 0.00565. The van der Waals surface area contributed by atoms with Gasteiger partial charge in [-0.3, -0.25) is 0 Å². The zero-order valence-corrected chi connectivity index (χ0v) is 10.5. The van der Waals surface area contributed by atoms with E-state index in [4.69, 9.17) is 16.1 Å². The predicted octanol–water partition coefficient (Wildman–Crippen LogP) is 2.17. The van der Waals surface area contributed by atoms with Crippen LogP contribution >= 0.6 is 0 Å². The number of carboxylic acids is 1. The van der Waals surface area contributed by atoms with Crippen LogP contribution in [0.4, 0.5) is 17.2 Å². The number of nitrogens with two attached hydrogens (primary N) is 1. The van der Waals surface area contributed by atoms with E-state index in [9.17, 15) is 4.79 Å². The van der Waals surface area contributed by atoms with Gasteiger partial charge in [-0.15, -0.1) is 0 Å². The summed E-state index contributed by atoms with van der Waals surface area (Å²) < 4.78 is 0. The molecular weight excluding hydrogens is 256 g/mol. The van der Waals surface area contributed by atoms with Gasteiger partial charge in [0.15, 0.2) is 0 Å². The summed E-state index contributed by atoms with van der Waals surface area (Å²) in [5.74, 6) is -0.881. The standard InChI is InChI=1S/C14H12N4O2/c15-6-5-9-1-3-11(4-2-9)18-13-12(14(19)20)7-10(16)8-17-13/h1-4,7-8H,5,16H2,(H,17,18)(H,19,20). The number of nitrogens with zero attached hydrogens (tertiary/aromatic N) is 2. The first kappa shape index (κ1) is 13.4. The van der Waals surface area contributed by atoms with Crippen LogP contribution in [-0.4, -0.2) is 16.1 Å². The molecular formula is C14H12N4O2. The van der Waals surface area contributed by atoms with Crippen LogP contribution in [0.25, 0.3) is 0 Å². The Morgan fingerprint density at radius 1 is 1.40 bits per heavy atom. The van der Waals surface area contributed by atoms with Gasteiger partial charge in [0.25, 0.3) is 0 Å². The molecule has 0 aliphatic heterocycles. The first-order chi connectivity index (χ1) is 9.60. The minimum Gasteiger partial charge on any atom is -0.478 e. The summed E-state index contributed by atoms with van der Waals surface area (Å²) in [6, 6.07) is 10.5. The highest BCUT2D eigenvalue weighted by molar-refractivity contribution is 5.94. The monoisotopic (exact) mass is 268 g/mol. The normalized spacial score (nSPS) is 9.75. The van der Waals surface area contributed by atoms with Crippen LogP contribution < -0.4 is 11.1 Å². The number of aromatic carboxylic acids is 1. The number of hydrogen-bond acceptors (Lipinski definition) is 5. The van der Waals surface area contributed by atoms with Gasteiger partial charge in [-0.2, -0.15) is 5.26 Å². The number of pyridine rings is 1. The molecule has 0 unspecified atom stereocenters. The second-order valence-corrected chi connectivity index (χ2v) is 4.13. The number of nitriles is 1. The maximum Gasteiger partial charge on any atom is 0.339 e. The first-order valence-corrected chi connectivity index (χ1v) is 5.82. The zero-order chi connectivity index (χ0) is 14.5. The van der Waals surface area contributed by atoms with Crippen molar-refractivity contribution >= 4 is 23.2 Å². The van der Waals surface area contributed by atoms with E-state index in [1.54, 1.807) is 24.3 Å². The molecule has 0 aliphatic rings. The number of hydrogen-bond donors (Lipinski definition) is 3. The first-order valence-electron chi connectivity index (χ1n) is 5.82. The van der Waals surface area contributed by atoms with Crippen LogP contribution in [-0.2, 0) is 6.42 Å². The largest absolute Gasteiger partial charge is 0.478 e. The summed E-state index contributed by atoms with van der Waals surface area (Å²) in [6.45, 7) is 0. The molecule has 1 aromatic carbocycles. The molecule has 1 aromatic heterocycles. The fraction of sp³-hybridized carbons (Fsp3) is 0.0714. The summed E-state index contributed by atoms with van der Waals surface area (Å²) in [5, 5.41) is 20.6. The Morgan fingerprint density at radius 2 is 2.10 bits per heavy atom. The van der Waals surface area contributed by atoms with Crippen molar-refractivity contribution in [3.8, 4) is 6.07 Å². The molecule has 0 atom stereocenters. The molecule has 2 rings (SSSR count). The third kappa shape index (κ3) is 3.03. The molecule has 0 saturated heterocycles. The van der Waals surface area contributed by atoms with Crippen molar-refractivity contribution in [3.63, 3.8) is 0 Å². The number of aromatic nitrogens is 1. The third-order valence-electron chi connectivity index (χ3n) is 2.64. The molecule has 0 aliphatic carbocycles. The van der Waals surface area contributed by atoms with Gasteiger partial charge in [-0.25, -0.2) is 9.78 Å². The van der Waals surface area contributed by atoms with E-state index < -0.39 is 5.97 Å².